The Bertz CT molecular complexity index is 1000. The zero-order chi connectivity index (χ0) is 23.5. The third-order valence-corrected chi connectivity index (χ3v) is 7.89. The van der Waals surface area contributed by atoms with E-state index in [1.165, 1.54) is 11.6 Å². The molecule has 2 aromatic rings. The van der Waals surface area contributed by atoms with Gasteiger partial charge in [-0.1, -0.05) is 25.1 Å². The molecule has 3 aliphatic rings. The van der Waals surface area contributed by atoms with E-state index in [0.29, 0.717) is 18.5 Å². The minimum atomic E-state index is -0.154. The average molecular weight is 466 g/mol. The molecule has 1 amide bonds. The topological polar surface area (TPSA) is 69.3 Å². The Balaban J connectivity index is 1.18. The number of piperidine rings is 1. The number of nitrogens with one attached hydrogen (secondary N) is 3. The summed E-state index contributed by atoms with van der Waals surface area (Å²) < 4.78 is 14.1. The van der Waals surface area contributed by atoms with Gasteiger partial charge in [0.15, 0.2) is 0 Å². The number of aryl methyl sites for hydroxylation is 1. The third kappa shape index (κ3) is 5.16. The molecule has 0 spiro atoms. The first-order valence-corrected chi connectivity index (χ1v) is 12.8. The van der Waals surface area contributed by atoms with Crippen LogP contribution in [0.25, 0.3) is 0 Å². The fourth-order valence-electron chi connectivity index (χ4n) is 6.01. The zero-order valence-electron chi connectivity index (χ0n) is 20.0. The van der Waals surface area contributed by atoms with Gasteiger partial charge in [0.05, 0.1) is 6.04 Å². The number of hydrogen-bond acceptors (Lipinski definition) is 5. The lowest BCUT2D eigenvalue weighted by Gasteiger charge is -2.36. The Labute approximate surface area is 201 Å². The molecule has 2 aliphatic heterocycles. The van der Waals surface area contributed by atoms with Gasteiger partial charge >= 0.3 is 0 Å². The average Bonchev–Trinajstić information content (AvgIpc) is 3.29. The van der Waals surface area contributed by atoms with Crippen LogP contribution in [-0.4, -0.2) is 41.0 Å². The van der Waals surface area contributed by atoms with Crippen LogP contribution < -0.4 is 16.2 Å². The molecule has 1 aliphatic carbocycles. The molecule has 1 aromatic heterocycles. The number of carbonyl (C=O) groups is 1. The highest BCUT2D eigenvalue weighted by Crippen LogP contribution is 2.40. The Morgan fingerprint density at radius 3 is 2.94 bits per heavy atom. The highest BCUT2D eigenvalue weighted by atomic mass is 19.1. The van der Waals surface area contributed by atoms with Crippen molar-refractivity contribution in [2.75, 3.05) is 13.1 Å². The van der Waals surface area contributed by atoms with E-state index in [1.54, 1.807) is 6.07 Å². The Morgan fingerprint density at radius 2 is 2.09 bits per heavy atom. The van der Waals surface area contributed by atoms with Crippen molar-refractivity contribution < 1.29 is 9.18 Å². The van der Waals surface area contributed by atoms with Crippen LogP contribution in [-0.2, 0) is 17.8 Å². The lowest BCUT2D eigenvalue weighted by atomic mass is 9.74. The van der Waals surface area contributed by atoms with Gasteiger partial charge in [0, 0.05) is 48.5 Å². The third-order valence-electron chi connectivity index (χ3n) is 7.89. The Kier molecular flexibility index (Phi) is 7.23. The number of hydrogen-bond donors (Lipinski definition) is 3. The molecule has 2 saturated heterocycles. The summed E-state index contributed by atoms with van der Waals surface area (Å²) in [6, 6.07) is 12.0. The van der Waals surface area contributed by atoms with Gasteiger partial charge in [-0.2, -0.15) is 0 Å². The van der Waals surface area contributed by atoms with Crippen LogP contribution in [0.4, 0.5) is 4.39 Å². The molecule has 0 bridgehead atoms. The molecule has 1 aromatic carbocycles. The molecule has 1 saturated carbocycles. The number of nitrogens with zero attached hydrogens (tertiary/aromatic N) is 2. The normalized spacial score (nSPS) is 29.5. The van der Waals surface area contributed by atoms with E-state index in [2.05, 4.69) is 45.1 Å². The number of hydrazine groups is 1. The fraction of sp³-hybridized carbons (Fsp3) is 0.556. The van der Waals surface area contributed by atoms with Gasteiger partial charge in [0.1, 0.15) is 5.82 Å². The molecular weight excluding hydrogens is 429 g/mol. The molecule has 5 rings (SSSR count). The van der Waals surface area contributed by atoms with Crippen molar-refractivity contribution in [2.45, 2.75) is 70.1 Å². The largest absolute Gasteiger partial charge is 0.352 e. The molecule has 0 radical (unpaired) electrons. The van der Waals surface area contributed by atoms with Crippen molar-refractivity contribution in [3.63, 3.8) is 0 Å². The van der Waals surface area contributed by atoms with Gasteiger partial charge in [-0.15, -0.1) is 0 Å². The quantitative estimate of drug-likeness (QED) is 0.609. The number of amides is 1. The first kappa shape index (κ1) is 23.4. The minimum absolute atomic E-state index is 0.0416. The summed E-state index contributed by atoms with van der Waals surface area (Å²) in [6.07, 6.45) is 7.62. The number of likely N-dealkylation sites (tertiary alicyclic amines) is 1. The van der Waals surface area contributed by atoms with Crippen LogP contribution in [0, 0.1) is 17.7 Å². The van der Waals surface area contributed by atoms with Gasteiger partial charge in [0.25, 0.3) is 0 Å². The molecular formula is C27H36FN5O. The SMILES string of the molecule is CCc1cc(C2NNC3CCC(C(=O)N[C@@H]4CCCN(Cc5ccccc5F)C4)CC32)ccn1. The molecule has 4 unspecified atom stereocenters. The van der Waals surface area contributed by atoms with E-state index in [1.807, 2.05) is 18.3 Å². The number of carbonyl (C=O) groups excluding carboxylic acids is 1. The monoisotopic (exact) mass is 465 g/mol. The number of fused-ring (bicyclic) bond motifs is 1. The number of halogens is 1. The Morgan fingerprint density at radius 1 is 1.21 bits per heavy atom. The van der Waals surface area contributed by atoms with Crippen molar-refractivity contribution >= 4 is 5.91 Å². The number of pyridine rings is 1. The lowest BCUT2D eigenvalue weighted by molar-refractivity contribution is -0.127. The predicted molar refractivity (Wildman–Crippen MR) is 130 cm³/mol. The van der Waals surface area contributed by atoms with E-state index in [0.717, 1.165) is 62.9 Å². The lowest BCUT2D eigenvalue weighted by Crippen LogP contribution is -2.50. The summed E-state index contributed by atoms with van der Waals surface area (Å²) in [4.78, 5) is 20.0. The first-order valence-electron chi connectivity index (χ1n) is 12.8. The van der Waals surface area contributed by atoms with Crippen molar-refractivity contribution in [3.8, 4) is 0 Å². The highest BCUT2D eigenvalue weighted by molar-refractivity contribution is 5.79. The van der Waals surface area contributed by atoms with E-state index < -0.39 is 0 Å². The summed E-state index contributed by atoms with van der Waals surface area (Å²) in [7, 11) is 0. The van der Waals surface area contributed by atoms with Crippen LogP contribution in [0.2, 0.25) is 0 Å². The van der Waals surface area contributed by atoms with Crippen molar-refractivity contribution in [1.82, 2.24) is 26.1 Å². The summed E-state index contributed by atoms with van der Waals surface area (Å²) >= 11 is 0. The second kappa shape index (κ2) is 10.5. The van der Waals surface area contributed by atoms with Crippen LogP contribution >= 0.6 is 0 Å². The van der Waals surface area contributed by atoms with E-state index >= 15 is 0 Å². The van der Waals surface area contributed by atoms with E-state index in [9.17, 15) is 9.18 Å². The van der Waals surface area contributed by atoms with Crippen LogP contribution in [0.15, 0.2) is 42.6 Å². The van der Waals surface area contributed by atoms with Gasteiger partial charge in [-0.25, -0.2) is 9.82 Å². The molecule has 5 atom stereocenters. The van der Waals surface area contributed by atoms with E-state index in [-0.39, 0.29) is 29.7 Å². The summed E-state index contributed by atoms with van der Waals surface area (Å²) in [5, 5.41) is 3.35. The molecule has 3 fully saturated rings. The molecule has 3 heterocycles. The van der Waals surface area contributed by atoms with Gasteiger partial charge in [-0.3, -0.25) is 20.1 Å². The number of benzene rings is 1. The second-order valence-corrected chi connectivity index (χ2v) is 10.2. The van der Waals surface area contributed by atoms with Crippen LogP contribution in [0.1, 0.15) is 61.9 Å². The number of rotatable bonds is 6. The molecule has 34 heavy (non-hydrogen) atoms. The van der Waals surface area contributed by atoms with Gasteiger partial charge in [0.2, 0.25) is 5.91 Å². The zero-order valence-corrected chi connectivity index (χ0v) is 20.0. The minimum Gasteiger partial charge on any atom is -0.352 e. The highest BCUT2D eigenvalue weighted by Gasteiger charge is 2.43. The maximum Gasteiger partial charge on any atom is 0.223 e. The molecule has 7 heteroatoms. The smallest absolute Gasteiger partial charge is 0.223 e. The summed E-state index contributed by atoms with van der Waals surface area (Å²) in [6.45, 7) is 4.44. The van der Waals surface area contributed by atoms with E-state index in [4.69, 9.17) is 0 Å². The maximum absolute atomic E-state index is 14.1. The fourth-order valence-corrected chi connectivity index (χ4v) is 6.01. The van der Waals surface area contributed by atoms with Crippen LogP contribution in [0.3, 0.4) is 0 Å². The maximum atomic E-state index is 14.1. The standard InChI is InChI=1S/C27H36FN5O/c1-2-21-14-18(11-12-29-21)26-23-15-19(9-10-25(23)31-32-26)27(34)30-22-7-5-13-33(17-22)16-20-6-3-4-8-24(20)28/h3-4,6,8,11-12,14,19,22-23,25-26,31-32H,2,5,7,9-10,13,15-17H2,1H3,(H,30,34)/t19?,22-,23?,25?,26?/m1/s1. The predicted octanol–water partition coefficient (Wildman–Crippen LogP) is 3.50. The van der Waals surface area contributed by atoms with Crippen molar-refractivity contribution in [3.05, 3.63) is 65.2 Å². The summed E-state index contributed by atoms with van der Waals surface area (Å²) in [5.74, 6) is 0.463. The summed E-state index contributed by atoms with van der Waals surface area (Å²) in [5.41, 5.74) is 10.1. The van der Waals surface area contributed by atoms with Gasteiger partial charge in [-0.05, 0) is 74.8 Å². The molecule has 3 N–H and O–H groups in total. The van der Waals surface area contributed by atoms with Gasteiger partial charge < -0.3 is 5.32 Å². The van der Waals surface area contributed by atoms with Crippen molar-refractivity contribution in [2.24, 2.45) is 11.8 Å². The second-order valence-electron chi connectivity index (χ2n) is 10.2. The first-order chi connectivity index (χ1) is 16.6. The Hall–Kier alpha value is -2.35. The molecule has 182 valence electrons. The molecule has 6 nitrogen and oxygen atoms in total. The number of aromatic nitrogens is 1. The van der Waals surface area contributed by atoms with Crippen molar-refractivity contribution in [1.29, 1.82) is 0 Å². The van der Waals surface area contributed by atoms with Crippen LogP contribution in [0.5, 0.6) is 0 Å².